The Hall–Kier alpha value is -3.20. The van der Waals surface area contributed by atoms with E-state index in [1.807, 2.05) is 48.5 Å². The van der Waals surface area contributed by atoms with Crippen LogP contribution in [0.15, 0.2) is 60.7 Å². The highest BCUT2D eigenvalue weighted by atomic mass is 35.5. The lowest BCUT2D eigenvalue weighted by molar-refractivity contribution is -0.140. The van der Waals surface area contributed by atoms with E-state index < -0.39 is 0 Å². The molecule has 0 spiro atoms. The lowest BCUT2D eigenvalue weighted by Gasteiger charge is -2.36. The minimum Gasteiger partial charge on any atom is -0.383 e. The Morgan fingerprint density at radius 1 is 0.973 bits per heavy atom. The fraction of sp³-hybridized carbons (Fsp3) is 0.333. The first kappa shape index (κ1) is 26.9. The lowest BCUT2D eigenvalue weighted by Crippen LogP contribution is -2.52. The van der Waals surface area contributed by atoms with Crippen LogP contribution >= 0.6 is 23.2 Å². The molecule has 2 amide bonds. The Labute approximate surface area is 226 Å². The van der Waals surface area contributed by atoms with Gasteiger partial charge in [-0.2, -0.15) is 0 Å². The molecule has 10 heteroatoms. The number of carbonyl (C=O) groups excluding carboxylic acids is 2. The van der Waals surface area contributed by atoms with Crippen LogP contribution in [0.25, 0.3) is 11.3 Å². The summed E-state index contributed by atoms with van der Waals surface area (Å²) >= 11 is 12.3. The van der Waals surface area contributed by atoms with Gasteiger partial charge in [-0.25, -0.2) is 0 Å². The topological polar surface area (TPSA) is 78.9 Å². The minimum atomic E-state index is -0.0913. The van der Waals surface area contributed by atoms with E-state index >= 15 is 0 Å². The Bertz CT molecular complexity index is 1200. The van der Waals surface area contributed by atoms with Crippen LogP contribution in [-0.2, 0) is 20.7 Å². The summed E-state index contributed by atoms with van der Waals surface area (Å²) in [5.41, 5.74) is 2.34. The van der Waals surface area contributed by atoms with E-state index in [0.29, 0.717) is 55.1 Å². The standard InChI is InChI=1S/C27H29Cl2N5O3/c1-37-16-15-34(26(35)17-20-5-3-2-4-6-20)19-27(36)33-13-11-32(12-14-33)25-10-9-24(30-31-25)22-8-7-21(28)18-23(22)29/h2-10,18H,11-17,19H2,1H3. The Kier molecular flexibility index (Phi) is 9.33. The summed E-state index contributed by atoms with van der Waals surface area (Å²) in [5.74, 6) is 0.572. The van der Waals surface area contributed by atoms with Crippen molar-refractivity contribution in [2.45, 2.75) is 6.42 Å². The van der Waals surface area contributed by atoms with Gasteiger partial charge in [0.15, 0.2) is 5.82 Å². The molecule has 0 saturated carbocycles. The van der Waals surface area contributed by atoms with E-state index in [4.69, 9.17) is 27.9 Å². The number of anilines is 1. The number of piperazine rings is 1. The van der Waals surface area contributed by atoms with Crippen molar-refractivity contribution in [3.63, 3.8) is 0 Å². The van der Waals surface area contributed by atoms with Gasteiger partial charge in [-0.15, -0.1) is 10.2 Å². The van der Waals surface area contributed by atoms with Crippen molar-refractivity contribution in [3.8, 4) is 11.3 Å². The maximum atomic E-state index is 13.1. The largest absolute Gasteiger partial charge is 0.383 e. The molecule has 0 aliphatic carbocycles. The third kappa shape index (κ3) is 7.19. The first-order chi connectivity index (χ1) is 17.9. The summed E-state index contributed by atoms with van der Waals surface area (Å²) in [4.78, 5) is 31.4. The highest BCUT2D eigenvalue weighted by Crippen LogP contribution is 2.29. The van der Waals surface area contributed by atoms with Gasteiger partial charge in [0, 0.05) is 50.4 Å². The lowest BCUT2D eigenvalue weighted by atomic mass is 10.1. The number of hydrogen-bond acceptors (Lipinski definition) is 6. The molecular weight excluding hydrogens is 513 g/mol. The van der Waals surface area contributed by atoms with Gasteiger partial charge in [0.2, 0.25) is 11.8 Å². The van der Waals surface area contributed by atoms with Crippen LogP contribution in [0.5, 0.6) is 0 Å². The summed E-state index contributed by atoms with van der Waals surface area (Å²) in [6, 6.07) is 18.6. The van der Waals surface area contributed by atoms with Crippen LogP contribution in [0.2, 0.25) is 10.0 Å². The van der Waals surface area contributed by atoms with Crippen molar-refractivity contribution >= 4 is 40.8 Å². The molecule has 0 N–H and O–H groups in total. The van der Waals surface area contributed by atoms with Crippen LogP contribution < -0.4 is 4.90 Å². The van der Waals surface area contributed by atoms with Gasteiger partial charge in [0.1, 0.15) is 0 Å². The number of aromatic nitrogens is 2. The molecule has 1 aliphatic rings. The predicted octanol–water partition coefficient (Wildman–Crippen LogP) is 3.82. The van der Waals surface area contributed by atoms with E-state index in [1.165, 1.54) is 0 Å². The number of carbonyl (C=O) groups is 2. The summed E-state index contributed by atoms with van der Waals surface area (Å²) in [6.07, 6.45) is 0.251. The summed E-state index contributed by atoms with van der Waals surface area (Å²) in [6.45, 7) is 3.10. The van der Waals surface area contributed by atoms with Crippen LogP contribution in [0.3, 0.4) is 0 Å². The molecule has 1 fully saturated rings. The Balaban J connectivity index is 1.32. The van der Waals surface area contributed by atoms with Crippen LogP contribution in [0, 0.1) is 0 Å². The fourth-order valence-corrected chi connectivity index (χ4v) is 4.66. The van der Waals surface area contributed by atoms with Gasteiger partial charge < -0.3 is 19.4 Å². The summed E-state index contributed by atoms with van der Waals surface area (Å²) < 4.78 is 5.16. The molecule has 0 atom stereocenters. The van der Waals surface area contributed by atoms with Gasteiger partial charge >= 0.3 is 0 Å². The van der Waals surface area contributed by atoms with E-state index in [-0.39, 0.29) is 24.8 Å². The number of halogens is 2. The quantitative estimate of drug-likeness (QED) is 0.409. The SMILES string of the molecule is COCCN(CC(=O)N1CCN(c2ccc(-c3ccc(Cl)cc3Cl)nn2)CC1)C(=O)Cc1ccccc1. The van der Waals surface area contributed by atoms with E-state index in [2.05, 4.69) is 15.1 Å². The number of benzene rings is 2. The zero-order chi connectivity index (χ0) is 26.2. The van der Waals surface area contributed by atoms with Gasteiger partial charge in [-0.1, -0.05) is 53.5 Å². The molecule has 0 unspecified atom stereocenters. The maximum Gasteiger partial charge on any atom is 0.242 e. The summed E-state index contributed by atoms with van der Waals surface area (Å²) in [7, 11) is 1.58. The normalized spacial score (nSPS) is 13.5. The number of nitrogens with zero attached hydrogens (tertiary/aromatic N) is 5. The molecule has 8 nitrogen and oxygen atoms in total. The van der Waals surface area contributed by atoms with Crippen molar-refractivity contribution in [1.29, 1.82) is 0 Å². The third-order valence-electron chi connectivity index (χ3n) is 6.26. The second-order valence-electron chi connectivity index (χ2n) is 8.74. The monoisotopic (exact) mass is 541 g/mol. The minimum absolute atomic E-state index is 0.0331. The van der Waals surface area contributed by atoms with Crippen molar-refractivity contribution < 1.29 is 14.3 Å². The number of ether oxygens (including phenoxy) is 1. The highest BCUT2D eigenvalue weighted by molar-refractivity contribution is 6.36. The van der Waals surface area contributed by atoms with Gasteiger partial charge in [0.05, 0.1) is 30.3 Å². The average molecular weight is 542 g/mol. The molecule has 2 heterocycles. The van der Waals surface area contributed by atoms with Crippen molar-refractivity contribution in [2.75, 3.05) is 57.9 Å². The van der Waals surface area contributed by atoms with Crippen LogP contribution in [0.4, 0.5) is 5.82 Å². The van der Waals surface area contributed by atoms with Crippen molar-refractivity contribution in [2.24, 2.45) is 0 Å². The first-order valence-corrected chi connectivity index (χ1v) is 12.8. The predicted molar refractivity (Wildman–Crippen MR) is 145 cm³/mol. The number of methoxy groups -OCH3 is 1. The molecule has 37 heavy (non-hydrogen) atoms. The van der Waals surface area contributed by atoms with Crippen LogP contribution in [-0.4, -0.2) is 84.8 Å². The maximum absolute atomic E-state index is 13.1. The molecule has 2 aromatic carbocycles. The van der Waals surface area contributed by atoms with E-state index in [0.717, 1.165) is 16.9 Å². The molecule has 1 saturated heterocycles. The van der Waals surface area contributed by atoms with Crippen molar-refractivity contribution in [3.05, 3.63) is 76.3 Å². The molecule has 1 aliphatic heterocycles. The average Bonchev–Trinajstić information content (AvgIpc) is 2.91. The summed E-state index contributed by atoms with van der Waals surface area (Å²) in [5, 5.41) is 9.79. The Morgan fingerprint density at radius 3 is 2.38 bits per heavy atom. The number of amides is 2. The molecule has 194 valence electrons. The van der Waals surface area contributed by atoms with E-state index in [9.17, 15) is 9.59 Å². The van der Waals surface area contributed by atoms with E-state index in [1.54, 1.807) is 29.0 Å². The second kappa shape index (κ2) is 12.9. The molecule has 0 bridgehead atoms. The first-order valence-electron chi connectivity index (χ1n) is 12.1. The Morgan fingerprint density at radius 2 is 1.73 bits per heavy atom. The molecule has 4 rings (SSSR count). The third-order valence-corrected chi connectivity index (χ3v) is 6.80. The molecule has 3 aromatic rings. The molecular formula is C27H29Cl2N5O3. The zero-order valence-electron chi connectivity index (χ0n) is 20.6. The number of hydrogen-bond donors (Lipinski definition) is 0. The van der Waals surface area contributed by atoms with Gasteiger partial charge in [0.25, 0.3) is 0 Å². The molecule has 0 radical (unpaired) electrons. The molecule has 1 aromatic heterocycles. The highest BCUT2D eigenvalue weighted by Gasteiger charge is 2.25. The zero-order valence-corrected chi connectivity index (χ0v) is 22.2. The van der Waals surface area contributed by atoms with Crippen LogP contribution in [0.1, 0.15) is 5.56 Å². The fourth-order valence-electron chi connectivity index (χ4n) is 4.16. The van der Waals surface area contributed by atoms with Gasteiger partial charge in [-0.05, 0) is 35.9 Å². The van der Waals surface area contributed by atoms with Gasteiger partial charge in [-0.3, -0.25) is 9.59 Å². The second-order valence-corrected chi connectivity index (χ2v) is 9.58. The van der Waals surface area contributed by atoms with Crippen molar-refractivity contribution in [1.82, 2.24) is 20.0 Å². The smallest absolute Gasteiger partial charge is 0.242 e. The number of rotatable bonds is 9.